The van der Waals surface area contributed by atoms with Gasteiger partial charge >= 0.3 is 0 Å². The van der Waals surface area contributed by atoms with Crippen LogP contribution in [0.4, 0.5) is 5.82 Å². The molecule has 1 saturated carbocycles. The van der Waals surface area contributed by atoms with Crippen LogP contribution >= 0.6 is 15.9 Å². The van der Waals surface area contributed by atoms with Crippen LogP contribution in [0.25, 0.3) is 0 Å². The monoisotopic (exact) mass is 326 g/mol. The lowest BCUT2D eigenvalue weighted by Gasteiger charge is -2.30. The number of halogens is 1. The number of carbonyl (C=O) groups excluding carboxylic acids is 1. The standard InChI is InChI=1S/C13H19BrN4O/c14-10-7-16-8-17-13(10)18-11(6-12(15)19)9-4-2-1-3-5-9/h7-9,11H,1-6H2,(H2,15,19)(H,16,17,18)/t11-/m1/s1. The van der Waals surface area contributed by atoms with E-state index in [2.05, 4.69) is 31.2 Å². The van der Waals surface area contributed by atoms with Gasteiger partial charge in [0.05, 0.1) is 4.47 Å². The van der Waals surface area contributed by atoms with E-state index in [4.69, 9.17) is 5.73 Å². The molecule has 3 N–H and O–H groups in total. The molecule has 104 valence electrons. The molecule has 0 saturated heterocycles. The lowest BCUT2D eigenvalue weighted by Crippen LogP contribution is -2.35. The largest absolute Gasteiger partial charge is 0.370 e. The molecule has 1 fully saturated rings. The molecule has 1 aromatic heterocycles. The number of nitrogens with two attached hydrogens (primary N) is 1. The Morgan fingerprint density at radius 3 is 2.84 bits per heavy atom. The average Bonchev–Trinajstić information content (AvgIpc) is 2.41. The number of rotatable bonds is 5. The molecule has 0 aromatic carbocycles. The zero-order chi connectivity index (χ0) is 13.7. The molecule has 1 amide bonds. The van der Waals surface area contributed by atoms with Crippen molar-refractivity contribution in [1.29, 1.82) is 0 Å². The van der Waals surface area contributed by atoms with E-state index >= 15 is 0 Å². The third-order valence-electron chi connectivity index (χ3n) is 3.63. The van der Waals surface area contributed by atoms with E-state index in [1.807, 2.05) is 0 Å². The average molecular weight is 327 g/mol. The minimum absolute atomic E-state index is 0.0593. The van der Waals surface area contributed by atoms with Gasteiger partial charge in [-0.15, -0.1) is 0 Å². The first-order valence-corrected chi connectivity index (χ1v) is 7.46. The van der Waals surface area contributed by atoms with Crippen LogP contribution in [0.5, 0.6) is 0 Å². The highest BCUT2D eigenvalue weighted by atomic mass is 79.9. The topological polar surface area (TPSA) is 80.9 Å². The van der Waals surface area contributed by atoms with E-state index < -0.39 is 0 Å². The minimum atomic E-state index is -0.270. The van der Waals surface area contributed by atoms with E-state index in [0.29, 0.717) is 12.3 Å². The second-order valence-electron chi connectivity index (χ2n) is 5.04. The summed E-state index contributed by atoms with van der Waals surface area (Å²) in [5, 5.41) is 3.35. The van der Waals surface area contributed by atoms with Crippen LogP contribution in [-0.4, -0.2) is 21.9 Å². The highest BCUT2D eigenvalue weighted by molar-refractivity contribution is 9.10. The number of carbonyl (C=O) groups is 1. The minimum Gasteiger partial charge on any atom is -0.370 e. The summed E-state index contributed by atoms with van der Waals surface area (Å²) in [5.41, 5.74) is 5.37. The number of nitrogens with one attached hydrogen (secondary N) is 1. The first-order valence-electron chi connectivity index (χ1n) is 6.67. The van der Waals surface area contributed by atoms with Crippen molar-refractivity contribution in [2.45, 2.75) is 44.6 Å². The van der Waals surface area contributed by atoms with Crippen LogP contribution in [0.15, 0.2) is 17.0 Å². The quantitative estimate of drug-likeness (QED) is 0.870. The van der Waals surface area contributed by atoms with Gasteiger partial charge in [-0.25, -0.2) is 9.97 Å². The summed E-state index contributed by atoms with van der Waals surface area (Å²) >= 11 is 3.41. The van der Waals surface area contributed by atoms with Gasteiger partial charge in [-0.1, -0.05) is 19.3 Å². The lowest BCUT2D eigenvalue weighted by atomic mass is 9.82. The number of amides is 1. The van der Waals surface area contributed by atoms with Crippen LogP contribution in [-0.2, 0) is 4.79 Å². The van der Waals surface area contributed by atoms with Crippen molar-refractivity contribution in [2.24, 2.45) is 11.7 Å². The van der Waals surface area contributed by atoms with Crippen LogP contribution in [0.3, 0.4) is 0 Å². The molecule has 5 nitrogen and oxygen atoms in total. The second kappa shape index (κ2) is 6.84. The maximum absolute atomic E-state index is 11.3. The Morgan fingerprint density at radius 2 is 2.21 bits per heavy atom. The van der Waals surface area contributed by atoms with Gasteiger partial charge in [0.2, 0.25) is 5.91 Å². The van der Waals surface area contributed by atoms with E-state index in [1.54, 1.807) is 6.20 Å². The smallest absolute Gasteiger partial charge is 0.219 e. The van der Waals surface area contributed by atoms with Crippen molar-refractivity contribution in [2.75, 3.05) is 5.32 Å². The molecule has 2 rings (SSSR count). The number of hydrogen-bond acceptors (Lipinski definition) is 4. The molecule has 1 aliphatic rings. The Balaban J connectivity index is 2.08. The summed E-state index contributed by atoms with van der Waals surface area (Å²) < 4.78 is 0.806. The Kier molecular flexibility index (Phi) is 5.13. The van der Waals surface area contributed by atoms with Gasteiger partial charge in [0, 0.05) is 18.7 Å². The van der Waals surface area contributed by atoms with Crippen LogP contribution in [0.1, 0.15) is 38.5 Å². The van der Waals surface area contributed by atoms with Gasteiger partial charge in [-0.05, 0) is 34.7 Å². The predicted molar refractivity (Wildman–Crippen MR) is 77.5 cm³/mol. The molecule has 6 heteroatoms. The molecule has 1 atom stereocenters. The highest BCUT2D eigenvalue weighted by Gasteiger charge is 2.25. The van der Waals surface area contributed by atoms with Gasteiger partial charge in [0.25, 0.3) is 0 Å². The molecule has 0 aliphatic heterocycles. The molecule has 1 aliphatic carbocycles. The first kappa shape index (κ1) is 14.2. The van der Waals surface area contributed by atoms with Crippen molar-refractivity contribution < 1.29 is 4.79 Å². The van der Waals surface area contributed by atoms with E-state index in [-0.39, 0.29) is 11.9 Å². The fraction of sp³-hybridized carbons (Fsp3) is 0.615. The van der Waals surface area contributed by atoms with Crippen molar-refractivity contribution in [3.8, 4) is 0 Å². The number of nitrogens with zero attached hydrogens (tertiary/aromatic N) is 2. The van der Waals surface area contributed by atoms with E-state index in [1.165, 1.54) is 25.6 Å². The number of primary amides is 1. The van der Waals surface area contributed by atoms with Gasteiger partial charge in [-0.2, -0.15) is 0 Å². The predicted octanol–water partition coefficient (Wildman–Crippen LogP) is 2.48. The Bertz CT molecular complexity index is 434. The van der Waals surface area contributed by atoms with E-state index in [0.717, 1.165) is 23.1 Å². The van der Waals surface area contributed by atoms with Gasteiger partial charge < -0.3 is 11.1 Å². The highest BCUT2D eigenvalue weighted by Crippen LogP contribution is 2.30. The van der Waals surface area contributed by atoms with Crippen molar-refractivity contribution >= 4 is 27.7 Å². The molecule has 0 radical (unpaired) electrons. The Labute approximate surface area is 121 Å². The van der Waals surface area contributed by atoms with E-state index in [9.17, 15) is 4.79 Å². The normalized spacial score (nSPS) is 17.9. The van der Waals surface area contributed by atoms with Gasteiger partial charge in [-0.3, -0.25) is 4.79 Å². The van der Waals surface area contributed by atoms with Crippen molar-refractivity contribution in [3.05, 3.63) is 17.0 Å². The molecule has 19 heavy (non-hydrogen) atoms. The zero-order valence-corrected chi connectivity index (χ0v) is 12.4. The molecule has 0 unspecified atom stereocenters. The maximum Gasteiger partial charge on any atom is 0.219 e. The first-order chi connectivity index (χ1) is 9.16. The second-order valence-corrected chi connectivity index (χ2v) is 5.89. The molecular weight excluding hydrogens is 308 g/mol. The Morgan fingerprint density at radius 1 is 1.47 bits per heavy atom. The van der Waals surface area contributed by atoms with Gasteiger partial charge in [0.1, 0.15) is 12.1 Å². The third kappa shape index (κ3) is 4.16. The summed E-state index contributed by atoms with van der Waals surface area (Å²) in [7, 11) is 0. The van der Waals surface area contributed by atoms with Crippen LogP contribution in [0, 0.1) is 5.92 Å². The fourth-order valence-corrected chi connectivity index (χ4v) is 3.02. The number of aromatic nitrogens is 2. The molecule has 1 heterocycles. The molecular formula is C13H19BrN4O. The van der Waals surface area contributed by atoms with Crippen LogP contribution < -0.4 is 11.1 Å². The van der Waals surface area contributed by atoms with Crippen molar-refractivity contribution in [1.82, 2.24) is 9.97 Å². The van der Waals surface area contributed by atoms with Gasteiger partial charge in [0.15, 0.2) is 0 Å². The SMILES string of the molecule is NC(=O)C[C@@H](Nc1ncncc1Br)C1CCCCC1. The third-order valence-corrected chi connectivity index (χ3v) is 4.21. The summed E-state index contributed by atoms with van der Waals surface area (Å²) in [4.78, 5) is 19.4. The lowest BCUT2D eigenvalue weighted by molar-refractivity contribution is -0.118. The summed E-state index contributed by atoms with van der Waals surface area (Å²) in [6, 6.07) is 0.0593. The summed E-state index contributed by atoms with van der Waals surface area (Å²) in [6.45, 7) is 0. The maximum atomic E-state index is 11.3. The molecule has 0 spiro atoms. The summed E-state index contributed by atoms with van der Waals surface area (Å²) in [5.74, 6) is 0.947. The van der Waals surface area contributed by atoms with Crippen molar-refractivity contribution in [3.63, 3.8) is 0 Å². The Hall–Kier alpha value is -1.17. The number of anilines is 1. The fourth-order valence-electron chi connectivity index (χ4n) is 2.68. The zero-order valence-electron chi connectivity index (χ0n) is 10.8. The molecule has 1 aromatic rings. The van der Waals surface area contributed by atoms with Crippen LogP contribution in [0.2, 0.25) is 0 Å². The molecule has 0 bridgehead atoms. The number of hydrogen-bond donors (Lipinski definition) is 2. The summed E-state index contributed by atoms with van der Waals surface area (Å²) in [6.07, 6.45) is 9.57.